The predicted octanol–water partition coefficient (Wildman–Crippen LogP) is 0.0209. The van der Waals surface area contributed by atoms with Crippen molar-refractivity contribution in [1.82, 2.24) is 0 Å². The van der Waals surface area contributed by atoms with Crippen molar-refractivity contribution >= 4 is 5.78 Å². The van der Waals surface area contributed by atoms with Crippen LogP contribution in [0.15, 0.2) is 12.1 Å². The Hall–Kier alpha value is -1.31. The number of hydrogen-bond donors (Lipinski definition) is 4. The molecule has 1 saturated heterocycles. The van der Waals surface area contributed by atoms with Crippen LogP contribution in [0.2, 0.25) is 0 Å². The number of carbonyl (C=O) groups is 1. The highest BCUT2D eigenvalue weighted by molar-refractivity contribution is 5.95. The van der Waals surface area contributed by atoms with Gasteiger partial charge in [-0.1, -0.05) is 6.07 Å². The van der Waals surface area contributed by atoms with Crippen LogP contribution < -0.4 is 0 Å². The van der Waals surface area contributed by atoms with E-state index in [0.717, 1.165) is 11.1 Å². The molecule has 6 heteroatoms. The Labute approximate surface area is 129 Å². The minimum atomic E-state index is -1.43. The predicted molar refractivity (Wildman–Crippen MR) is 78.6 cm³/mol. The topological polar surface area (TPSA) is 107 Å². The van der Waals surface area contributed by atoms with E-state index >= 15 is 0 Å². The van der Waals surface area contributed by atoms with Gasteiger partial charge >= 0.3 is 0 Å². The summed E-state index contributed by atoms with van der Waals surface area (Å²) >= 11 is 0. The molecule has 122 valence electrons. The summed E-state index contributed by atoms with van der Waals surface area (Å²) in [5.41, 5.74) is 2.69. The number of rotatable bonds is 3. The fourth-order valence-corrected chi connectivity index (χ4v) is 2.91. The zero-order valence-electron chi connectivity index (χ0n) is 12.9. The molecule has 1 aromatic rings. The Morgan fingerprint density at radius 3 is 2.27 bits per heavy atom. The van der Waals surface area contributed by atoms with E-state index in [-0.39, 0.29) is 5.78 Å². The number of aliphatic hydroxyl groups is 4. The van der Waals surface area contributed by atoms with Crippen LogP contribution in [-0.4, -0.2) is 57.2 Å². The van der Waals surface area contributed by atoms with Crippen LogP contribution in [0.25, 0.3) is 0 Å². The van der Waals surface area contributed by atoms with Crippen molar-refractivity contribution in [3.8, 4) is 0 Å². The number of aryl methyl sites for hydroxylation is 2. The number of Topliss-reactive ketones (excluding diaryl/α,β-unsaturated/α-hetero) is 1. The van der Waals surface area contributed by atoms with Crippen LogP contribution in [0.3, 0.4) is 0 Å². The first-order valence-electron chi connectivity index (χ1n) is 7.20. The van der Waals surface area contributed by atoms with Crippen LogP contribution in [0.1, 0.15) is 40.1 Å². The molecule has 0 bridgehead atoms. The third-order valence-electron chi connectivity index (χ3n) is 4.19. The Kier molecular flexibility index (Phi) is 4.99. The van der Waals surface area contributed by atoms with Gasteiger partial charge in [0.25, 0.3) is 0 Å². The van der Waals surface area contributed by atoms with E-state index in [1.807, 2.05) is 19.9 Å². The largest absolute Gasteiger partial charge is 0.394 e. The molecule has 0 aliphatic carbocycles. The molecule has 2 rings (SSSR count). The Bertz CT molecular complexity index is 568. The van der Waals surface area contributed by atoms with Gasteiger partial charge in [0.2, 0.25) is 0 Å². The lowest BCUT2D eigenvalue weighted by atomic mass is 9.87. The number of ketones is 1. The van der Waals surface area contributed by atoms with E-state index in [4.69, 9.17) is 4.74 Å². The quantitative estimate of drug-likeness (QED) is 0.586. The van der Waals surface area contributed by atoms with E-state index in [1.54, 1.807) is 6.07 Å². The number of hydrogen-bond acceptors (Lipinski definition) is 6. The molecule has 0 spiro atoms. The third kappa shape index (κ3) is 2.93. The normalized spacial score (nSPS) is 32.0. The third-order valence-corrected chi connectivity index (χ3v) is 4.19. The number of ether oxygens (including phenoxy) is 1. The lowest BCUT2D eigenvalue weighted by Gasteiger charge is -2.40. The molecule has 1 aliphatic heterocycles. The van der Waals surface area contributed by atoms with Gasteiger partial charge in [0.05, 0.1) is 6.61 Å². The standard InChI is InChI=1S/C16H22O6/c1-7-4-8(2)11(5-10(7)9(3)18)16-15(21)14(20)13(19)12(6-17)22-16/h4-5,12-17,19-21H,6H2,1-3H3. The van der Waals surface area contributed by atoms with Gasteiger partial charge < -0.3 is 25.2 Å². The molecule has 6 nitrogen and oxygen atoms in total. The summed E-state index contributed by atoms with van der Waals surface area (Å²) in [7, 11) is 0. The van der Waals surface area contributed by atoms with E-state index in [9.17, 15) is 25.2 Å². The van der Waals surface area contributed by atoms with Crippen molar-refractivity contribution < 1.29 is 30.0 Å². The van der Waals surface area contributed by atoms with Crippen LogP contribution >= 0.6 is 0 Å². The minimum absolute atomic E-state index is 0.108. The van der Waals surface area contributed by atoms with Gasteiger partial charge in [-0.25, -0.2) is 0 Å². The van der Waals surface area contributed by atoms with Crippen LogP contribution in [0.4, 0.5) is 0 Å². The first kappa shape index (κ1) is 17.1. The van der Waals surface area contributed by atoms with Gasteiger partial charge in [0.15, 0.2) is 5.78 Å². The van der Waals surface area contributed by atoms with Crippen molar-refractivity contribution in [2.45, 2.75) is 51.3 Å². The summed E-state index contributed by atoms with van der Waals surface area (Å²) in [6.45, 7) is 4.61. The number of aliphatic hydroxyl groups excluding tert-OH is 4. The molecular weight excluding hydrogens is 288 g/mol. The average Bonchev–Trinajstić information content (AvgIpc) is 2.46. The lowest BCUT2D eigenvalue weighted by Crippen LogP contribution is -2.55. The van der Waals surface area contributed by atoms with Crippen molar-refractivity contribution in [3.63, 3.8) is 0 Å². The summed E-state index contributed by atoms with van der Waals surface area (Å²) in [6, 6.07) is 3.45. The molecule has 0 saturated carbocycles. The Morgan fingerprint density at radius 2 is 1.73 bits per heavy atom. The lowest BCUT2D eigenvalue weighted by molar-refractivity contribution is -0.231. The summed E-state index contributed by atoms with van der Waals surface area (Å²) in [5.74, 6) is -0.108. The molecule has 5 unspecified atom stereocenters. The second kappa shape index (κ2) is 6.44. The van der Waals surface area contributed by atoms with Crippen molar-refractivity contribution in [2.24, 2.45) is 0 Å². The first-order chi connectivity index (χ1) is 10.3. The van der Waals surface area contributed by atoms with Gasteiger partial charge in [-0.05, 0) is 43.5 Å². The van der Waals surface area contributed by atoms with Crippen molar-refractivity contribution in [2.75, 3.05) is 6.61 Å². The van der Waals surface area contributed by atoms with Gasteiger partial charge in [-0.2, -0.15) is 0 Å². The molecule has 1 fully saturated rings. The molecule has 4 N–H and O–H groups in total. The Morgan fingerprint density at radius 1 is 1.09 bits per heavy atom. The van der Waals surface area contributed by atoms with E-state index in [2.05, 4.69) is 0 Å². The van der Waals surface area contributed by atoms with Gasteiger partial charge in [-0.3, -0.25) is 4.79 Å². The fourth-order valence-electron chi connectivity index (χ4n) is 2.91. The maximum absolute atomic E-state index is 11.7. The Balaban J connectivity index is 2.46. The molecule has 0 amide bonds. The van der Waals surface area contributed by atoms with Gasteiger partial charge in [0.1, 0.15) is 30.5 Å². The van der Waals surface area contributed by atoms with E-state index in [1.165, 1.54) is 6.92 Å². The number of benzene rings is 1. The van der Waals surface area contributed by atoms with Crippen molar-refractivity contribution in [1.29, 1.82) is 0 Å². The smallest absolute Gasteiger partial charge is 0.160 e. The van der Waals surface area contributed by atoms with E-state index < -0.39 is 37.1 Å². The first-order valence-corrected chi connectivity index (χ1v) is 7.20. The molecule has 1 aromatic carbocycles. The fraction of sp³-hybridized carbons (Fsp3) is 0.562. The van der Waals surface area contributed by atoms with Crippen LogP contribution in [0, 0.1) is 13.8 Å². The highest BCUT2D eigenvalue weighted by Crippen LogP contribution is 2.35. The molecule has 0 aromatic heterocycles. The molecule has 5 atom stereocenters. The van der Waals surface area contributed by atoms with E-state index in [0.29, 0.717) is 11.1 Å². The SMILES string of the molecule is CC(=O)c1cc(C2OC(CO)C(O)C(O)C2O)c(C)cc1C. The summed E-state index contributed by atoms with van der Waals surface area (Å²) < 4.78 is 5.55. The van der Waals surface area contributed by atoms with Gasteiger partial charge in [-0.15, -0.1) is 0 Å². The summed E-state index contributed by atoms with van der Waals surface area (Å²) in [5, 5.41) is 39.2. The molecule has 1 aliphatic rings. The van der Waals surface area contributed by atoms with Gasteiger partial charge in [0, 0.05) is 5.56 Å². The second-order valence-corrected chi connectivity index (χ2v) is 5.83. The molecule has 22 heavy (non-hydrogen) atoms. The summed E-state index contributed by atoms with van der Waals surface area (Å²) in [6.07, 6.45) is -6.06. The second-order valence-electron chi connectivity index (χ2n) is 5.83. The van der Waals surface area contributed by atoms with Crippen molar-refractivity contribution in [3.05, 3.63) is 34.4 Å². The monoisotopic (exact) mass is 310 g/mol. The highest BCUT2D eigenvalue weighted by atomic mass is 16.5. The molecule has 0 radical (unpaired) electrons. The molecular formula is C16H22O6. The maximum Gasteiger partial charge on any atom is 0.160 e. The highest BCUT2D eigenvalue weighted by Gasteiger charge is 2.44. The number of carbonyl (C=O) groups excluding carboxylic acids is 1. The zero-order valence-corrected chi connectivity index (χ0v) is 12.9. The van der Waals surface area contributed by atoms with Crippen LogP contribution in [0.5, 0.6) is 0 Å². The van der Waals surface area contributed by atoms with Crippen LogP contribution in [-0.2, 0) is 4.74 Å². The maximum atomic E-state index is 11.7. The summed E-state index contributed by atoms with van der Waals surface area (Å²) in [4.78, 5) is 11.7. The average molecular weight is 310 g/mol. The minimum Gasteiger partial charge on any atom is -0.394 e. The zero-order chi connectivity index (χ0) is 16.6. The molecule has 1 heterocycles.